The van der Waals surface area contributed by atoms with Crippen molar-refractivity contribution in [3.63, 3.8) is 0 Å². The number of ketones is 1. The minimum absolute atomic E-state index is 0.0475. The fraction of sp³-hybridized carbons (Fsp3) is 0.611. The first-order valence-electron chi connectivity index (χ1n) is 16.1. The number of nitrogens with zero attached hydrogens (tertiary/aromatic N) is 1. The van der Waals surface area contributed by atoms with E-state index in [0.29, 0.717) is 23.3 Å². The fourth-order valence-electron chi connectivity index (χ4n) is 5.18. The molecule has 0 aliphatic heterocycles. The Morgan fingerprint density at radius 3 is 1.48 bits per heavy atom. The van der Waals surface area contributed by atoms with Gasteiger partial charge in [-0.15, -0.1) is 0 Å². The molecule has 0 spiro atoms. The lowest BCUT2D eigenvalue weighted by Crippen LogP contribution is -2.43. The van der Waals surface area contributed by atoms with Crippen LogP contribution in [0.1, 0.15) is 136 Å². The second-order valence-corrected chi connectivity index (χ2v) is 12.1. The third kappa shape index (κ3) is 14.8. The summed E-state index contributed by atoms with van der Waals surface area (Å²) in [6.07, 6.45) is 22.2. The van der Waals surface area contributed by atoms with Gasteiger partial charge in [0.25, 0.3) is 0 Å². The van der Waals surface area contributed by atoms with Gasteiger partial charge in [0.15, 0.2) is 5.78 Å². The van der Waals surface area contributed by atoms with E-state index in [9.17, 15) is 9.59 Å². The molecule has 222 valence electrons. The number of likely N-dealkylation sites (N-methyl/N-ethyl adjacent to an activating group) is 1. The highest BCUT2D eigenvalue weighted by atomic mass is 16.5. The lowest BCUT2D eigenvalue weighted by molar-refractivity contribution is -0.890. The maximum Gasteiger partial charge on any atom is 0.338 e. The predicted molar refractivity (Wildman–Crippen MR) is 168 cm³/mol. The molecule has 0 aliphatic carbocycles. The van der Waals surface area contributed by atoms with Crippen LogP contribution in [0.3, 0.4) is 0 Å². The van der Waals surface area contributed by atoms with Gasteiger partial charge in [-0.1, -0.05) is 139 Å². The van der Waals surface area contributed by atoms with Crippen LogP contribution in [0.15, 0.2) is 54.6 Å². The molecule has 2 aromatic rings. The second-order valence-electron chi connectivity index (χ2n) is 12.1. The van der Waals surface area contributed by atoms with Gasteiger partial charge in [0.2, 0.25) is 0 Å². The molecule has 0 amide bonds. The Balaban J connectivity index is 1.47. The van der Waals surface area contributed by atoms with Crippen LogP contribution in [0, 0.1) is 0 Å². The smallest absolute Gasteiger partial charge is 0.338 e. The monoisotopic (exact) mass is 550 g/mol. The first kappa shape index (κ1) is 33.7. The Bertz CT molecular complexity index is 936. The summed E-state index contributed by atoms with van der Waals surface area (Å²) in [6.45, 7) is 4.59. The predicted octanol–water partition coefficient (Wildman–Crippen LogP) is 9.41. The van der Waals surface area contributed by atoms with E-state index in [0.717, 1.165) is 17.6 Å². The first-order chi connectivity index (χ1) is 19.4. The van der Waals surface area contributed by atoms with Gasteiger partial charge >= 0.3 is 5.97 Å². The van der Waals surface area contributed by atoms with E-state index in [4.69, 9.17) is 4.74 Å². The van der Waals surface area contributed by atoms with E-state index in [1.807, 2.05) is 18.2 Å². The minimum atomic E-state index is -0.332. The van der Waals surface area contributed by atoms with Gasteiger partial charge in [0, 0.05) is 11.1 Å². The highest BCUT2D eigenvalue weighted by Gasteiger charge is 2.17. The summed E-state index contributed by atoms with van der Waals surface area (Å²) in [6, 6.07) is 15.9. The molecular formula is C36H56NO3+. The van der Waals surface area contributed by atoms with Crippen LogP contribution in [0.25, 0.3) is 0 Å². The van der Waals surface area contributed by atoms with Crippen LogP contribution in [-0.4, -0.2) is 50.0 Å². The third-order valence-electron chi connectivity index (χ3n) is 7.97. The number of benzene rings is 2. The Morgan fingerprint density at radius 1 is 0.550 bits per heavy atom. The Labute approximate surface area is 245 Å². The van der Waals surface area contributed by atoms with E-state index >= 15 is 0 Å². The van der Waals surface area contributed by atoms with Crippen LogP contribution in [0.4, 0.5) is 0 Å². The number of unbranched alkanes of at least 4 members (excludes halogenated alkanes) is 15. The molecule has 4 nitrogen and oxygen atoms in total. The van der Waals surface area contributed by atoms with Crippen molar-refractivity contribution in [3.8, 4) is 0 Å². The van der Waals surface area contributed by atoms with Crippen molar-refractivity contribution >= 4 is 11.8 Å². The molecule has 0 saturated heterocycles. The zero-order valence-electron chi connectivity index (χ0n) is 25.8. The number of hydrogen-bond acceptors (Lipinski definition) is 3. The number of carbonyl (C=O) groups is 2. The summed E-state index contributed by atoms with van der Waals surface area (Å²) in [5.74, 6) is -0.380. The van der Waals surface area contributed by atoms with E-state index in [2.05, 4.69) is 21.0 Å². The fourth-order valence-corrected chi connectivity index (χ4v) is 5.18. The quantitative estimate of drug-likeness (QED) is 0.0599. The average molecular weight is 551 g/mol. The number of esters is 1. The zero-order chi connectivity index (χ0) is 28.9. The molecule has 0 heterocycles. The number of quaternary nitrogens is 1. The van der Waals surface area contributed by atoms with Gasteiger partial charge in [0.05, 0.1) is 26.2 Å². The summed E-state index contributed by atoms with van der Waals surface area (Å²) >= 11 is 0. The molecule has 0 radical (unpaired) electrons. The number of carbonyl (C=O) groups excluding carboxylic acids is 2. The van der Waals surface area contributed by atoms with Crippen molar-refractivity contribution in [1.82, 2.24) is 0 Å². The summed E-state index contributed by atoms with van der Waals surface area (Å²) in [5, 5.41) is 0. The second kappa shape index (κ2) is 20.4. The normalized spacial score (nSPS) is 11.5. The van der Waals surface area contributed by atoms with Gasteiger partial charge in [-0.3, -0.25) is 4.79 Å². The van der Waals surface area contributed by atoms with Gasteiger partial charge in [-0.05, 0) is 25.0 Å². The van der Waals surface area contributed by atoms with Crippen LogP contribution in [0.5, 0.6) is 0 Å². The standard InChI is InChI=1S/C36H56NO3/c1-4-5-6-7-8-9-10-11-12-13-14-15-16-17-18-22-29-37(2,3)30-31-40-36(39)34-27-25-33(26-28-34)35(38)32-23-20-19-21-24-32/h19-21,23-28H,4-18,22,29-31H2,1-3H3/q+1. The summed E-state index contributed by atoms with van der Waals surface area (Å²) in [4.78, 5) is 25.0. The molecule has 0 unspecified atom stereocenters. The van der Waals surface area contributed by atoms with Crippen LogP contribution >= 0.6 is 0 Å². The minimum Gasteiger partial charge on any atom is -0.456 e. The van der Waals surface area contributed by atoms with Crippen molar-refractivity contribution in [2.24, 2.45) is 0 Å². The maximum absolute atomic E-state index is 12.5. The van der Waals surface area contributed by atoms with Gasteiger partial charge in [-0.25, -0.2) is 4.79 Å². The SMILES string of the molecule is CCCCCCCCCCCCCCCCCC[N+](C)(C)CCOC(=O)c1ccc(C(=O)c2ccccc2)cc1. The van der Waals surface area contributed by atoms with Crippen molar-refractivity contribution < 1.29 is 18.8 Å². The molecule has 0 aromatic heterocycles. The molecule has 2 aromatic carbocycles. The summed E-state index contributed by atoms with van der Waals surface area (Å²) < 4.78 is 6.40. The average Bonchev–Trinajstić information content (AvgIpc) is 2.97. The first-order valence-corrected chi connectivity index (χ1v) is 16.1. The zero-order valence-corrected chi connectivity index (χ0v) is 25.8. The number of hydrogen-bond donors (Lipinski definition) is 0. The molecule has 0 bridgehead atoms. The number of rotatable bonds is 23. The Hall–Kier alpha value is -2.46. The molecule has 0 N–H and O–H groups in total. The van der Waals surface area contributed by atoms with Crippen LogP contribution in [0.2, 0.25) is 0 Å². The molecule has 40 heavy (non-hydrogen) atoms. The van der Waals surface area contributed by atoms with E-state index in [1.165, 1.54) is 103 Å². The molecule has 4 heteroatoms. The van der Waals surface area contributed by atoms with Crippen LogP contribution in [-0.2, 0) is 4.74 Å². The number of ether oxygens (including phenoxy) is 1. The van der Waals surface area contributed by atoms with E-state index in [1.54, 1.807) is 36.4 Å². The van der Waals surface area contributed by atoms with Gasteiger partial charge in [0.1, 0.15) is 13.2 Å². The lowest BCUT2D eigenvalue weighted by Gasteiger charge is -2.29. The van der Waals surface area contributed by atoms with Gasteiger partial charge < -0.3 is 9.22 Å². The van der Waals surface area contributed by atoms with Crippen LogP contribution < -0.4 is 0 Å². The van der Waals surface area contributed by atoms with Gasteiger partial charge in [-0.2, -0.15) is 0 Å². The molecule has 0 atom stereocenters. The van der Waals surface area contributed by atoms with Crippen molar-refractivity contribution in [2.45, 2.75) is 110 Å². The topological polar surface area (TPSA) is 43.4 Å². The lowest BCUT2D eigenvalue weighted by atomic mass is 10.0. The third-order valence-corrected chi connectivity index (χ3v) is 7.97. The summed E-state index contributed by atoms with van der Waals surface area (Å²) in [5.41, 5.74) is 1.69. The molecule has 0 aliphatic rings. The Morgan fingerprint density at radius 2 is 0.975 bits per heavy atom. The molecule has 0 fully saturated rings. The maximum atomic E-state index is 12.5. The Kier molecular flexibility index (Phi) is 17.2. The van der Waals surface area contributed by atoms with Crippen molar-refractivity contribution in [2.75, 3.05) is 33.8 Å². The molecule has 0 saturated carbocycles. The van der Waals surface area contributed by atoms with E-state index in [-0.39, 0.29) is 11.8 Å². The molecular weight excluding hydrogens is 494 g/mol. The van der Waals surface area contributed by atoms with E-state index < -0.39 is 0 Å². The largest absolute Gasteiger partial charge is 0.456 e. The van der Waals surface area contributed by atoms with Crippen molar-refractivity contribution in [1.29, 1.82) is 0 Å². The highest BCUT2D eigenvalue weighted by molar-refractivity contribution is 6.09. The molecule has 2 rings (SSSR count). The highest BCUT2D eigenvalue weighted by Crippen LogP contribution is 2.15. The summed E-state index contributed by atoms with van der Waals surface area (Å²) in [7, 11) is 4.42. The van der Waals surface area contributed by atoms with Crippen molar-refractivity contribution in [3.05, 3.63) is 71.3 Å².